The smallest absolute Gasteiger partial charge is 0.303 e. The van der Waals surface area contributed by atoms with Crippen LogP contribution in [0.5, 0.6) is 0 Å². The zero-order valence-corrected chi connectivity index (χ0v) is 56.9. The molecule has 1 unspecified atom stereocenters. The quantitative estimate of drug-likeness (QED) is 0.0437. The number of nitrogens with zero attached hydrogens (tertiary/aromatic N) is 6. The van der Waals surface area contributed by atoms with Crippen LogP contribution in [-0.2, 0) is 67.1 Å². The first-order valence-electron chi connectivity index (χ1n) is 30.7. The third-order valence-electron chi connectivity index (χ3n) is 15.6. The summed E-state index contributed by atoms with van der Waals surface area (Å²) >= 11 is 0. The van der Waals surface area contributed by atoms with Gasteiger partial charge in [-0.1, -0.05) is 96.9 Å². The van der Waals surface area contributed by atoms with Crippen LogP contribution in [0, 0.1) is 41.4 Å². The zero-order valence-electron chi connectivity index (χ0n) is 56.9. The second kappa shape index (κ2) is 38.0. The molecular weight excluding hydrogens is 1120 g/mol. The van der Waals surface area contributed by atoms with Crippen molar-refractivity contribution in [1.29, 1.82) is 0 Å². The Morgan fingerprint density at radius 3 is 1.37 bits per heavy atom. The van der Waals surface area contributed by atoms with Crippen molar-refractivity contribution in [2.75, 3.05) is 55.9 Å². The highest BCUT2D eigenvalue weighted by Crippen LogP contribution is 2.24. The van der Waals surface area contributed by atoms with Gasteiger partial charge >= 0.3 is 5.97 Å². The molecule has 25 heteroatoms. The zero-order chi connectivity index (χ0) is 67.8. The number of likely N-dealkylation sites (N-methyl/N-ethyl adjacent to an activating group) is 7. The van der Waals surface area contributed by atoms with Gasteiger partial charge in [-0.3, -0.25) is 52.7 Å². The summed E-state index contributed by atoms with van der Waals surface area (Å²) in [6, 6.07) is -11.0. The van der Waals surface area contributed by atoms with Gasteiger partial charge in [-0.2, -0.15) is 0 Å². The van der Waals surface area contributed by atoms with E-state index in [2.05, 4.69) is 26.6 Å². The Labute approximate surface area is 524 Å². The molecule has 0 aromatic heterocycles. The molecule has 5 N–H and O–H groups in total. The van der Waals surface area contributed by atoms with Crippen LogP contribution in [0.15, 0.2) is 0 Å². The van der Waals surface area contributed by atoms with Crippen molar-refractivity contribution >= 4 is 77.6 Å². The minimum Gasteiger partial charge on any atom is -0.459 e. The van der Waals surface area contributed by atoms with Gasteiger partial charge in [0.2, 0.25) is 59.1 Å². The normalized spacial score (nSPS) is 15.7. The Morgan fingerprint density at radius 2 is 0.931 bits per heavy atom. The maximum absolute atomic E-state index is 14.6. The molecule has 0 aromatic carbocycles. The standard InChI is InChI=1S/C62H111N11O14.4H2/c1-25-45(66-57(81)52(53(87-43(17)76)40(14)26-27-74)73(24)61(85)50(63-18)38(10)11)59(83)68(19)32-49(77)70(21)46(29-35(4)5)56(80)67-51(39(12)13)62(86)71(22)47(30-36(6)7)55(79)64-41(15)54(78)65-42(16)58(82)72(23)48(31-37(8)9)60(84)69(20)44(33-75)28-34(2)3;;;;/h27,33-42,44-48,50-53,63H,25-26,28-32H2,1-24H3,(H,64,79)(H,65,78)(H,66,81)(H,67,80);4*1H/t40-,41+,42-,44+,45+,46+,47+,48+,50+,51+,52?,53-;;;;/m1..../s1. The average molecular weight is 1240 g/mol. The van der Waals surface area contributed by atoms with E-state index in [1.165, 1.54) is 75.7 Å². The predicted molar refractivity (Wildman–Crippen MR) is 340 cm³/mol. The number of aldehydes is 2. The van der Waals surface area contributed by atoms with E-state index in [0.29, 0.717) is 12.7 Å². The number of hydrogen-bond donors (Lipinski definition) is 5. The second-order valence-electron chi connectivity index (χ2n) is 25.8. The molecule has 0 bridgehead atoms. The van der Waals surface area contributed by atoms with Gasteiger partial charge in [-0.05, 0) is 88.5 Å². The van der Waals surface area contributed by atoms with E-state index in [9.17, 15) is 62.3 Å². The molecule has 0 saturated heterocycles. The van der Waals surface area contributed by atoms with Gasteiger partial charge in [-0.15, -0.1) is 0 Å². The summed E-state index contributed by atoms with van der Waals surface area (Å²) in [4.78, 5) is 185. The number of rotatable bonds is 38. The monoisotopic (exact) mass is 1240 g/mol. The summed E-state index contributed by atoms with van der Waals surface area (Å²) < 4.78 is 5.61. The number of carbonyl (C=O) groups is 13. The van der Waals surface area contributed by atoms with Gasteiger partial charge in [0, 0.05) is 67.3 Å². The highest BCUT2D eigenvalue weighted by atomic mass is 16.5. The van der Waals surface area contributed by atoms with Crippen molar-refractivity contribution in [2.24, 2.45) is 41.4 Å². The summed E-state index contributed by atoms with van der Waals surface area (Å²) in [6.45, 7) is 28.7. The van der Waals surface area contributed by atoms with E-state index in [-0.39, 0.29) is 67.4 Å². The lowest BCUT2D eigenvalue weighted by Gasteiger charge is -2.38. The van der Waals surface area contributed by atoms with Crippen LogP contribution in [0.25, 0.3) is 0 Å². The molecule has 10 amide bonds. The van der Waals surface area contributed by atoms with Crippen LogP contribution in [0.1, 0.15) is 162 Å². The Hall–Kier alpha value is -6.53. The molecule has 0 rings (SSSR count). The molecule has 25 nitrogen and oxygen atoms in total. The van der Waals surface area contributed by atoms with Gasteiger partial charge in [-0.25, -0.2) is 0 Å². The number of carbonyl (C=O) groups excluding carboxylic acids is 13. The van der Waals surface area contributed by atoms with E-state index in [0.717, 1.165) is 23.0 Å². The van der Waals surface area contributed by atoms with Gasteiger partial charge in [0.1, 0.15) is 67.0 Å². The number of amides is 10. The fraction of sp³-hybridized carbons (Fsp3) is 0.790. The molecule has 0 aliphatic heterocycles. The molecular formula is C62H119N11O14. The lowest BCUT2D eigenvalue weighted by Crippen LogP contribution is -2.62. The summed E-state index contributed by atoms with van der Waals surface area (Å²) in [5.41, 5.74) is 0. The summed E-state index contributed by atoms with van der Waals surface area (Å²) in [6.07, 6.45) is 0.928. The van der Waals surface area contributed by atoms with Crippen LogP contribution < -0.4 is 26.6 Å². The van der Waals surface area contributed by atoms with Gasteiger partial charge in [0.25, 0.3) is 0 Å². The second-order valence-corrected chi connectivity index (χ2v) is 25.8. The topological polar surface area (TPSA) is 311 Å². The molecule has 12 atom stereocenters. The molecule has 0 aromatic rings. The number of nitrogens with one attached hydrogen (secondary N) is 5. The highest BCUT2D eigenvalue weighted by molar-refractivity contribution is 5.98. The van der Waals surface area contributed by atoms with E-state index in [1.54, 1.807) is 48.6 Å². The third-order valence-corrected chi connectivity index (χ3v) is 15.6. The van der Waals surface area contributed by atoms with E-state index in [4.69, 9.17) is 4.74 Å². The lowest BCUT2D eigenvalue weighted by atomic mass is 9.92. The summed E-state index contributed by atoms with van der Waals surface area (Å²) in [7, 11) is 10.1. The minimum atomic E-state index is -1.49. The minimum absolute atomic E-state index is 0. The van der Waals surface area contributed by atoms with Crippen LogP contribution in [-0.4, -0.2) is 229 Å². The third kappa shape index (κ3) is 24.9. The largest absolute Gasteiger partial charge is 0.459 e. The molecule has 0 radical (unpaired) electrons. The first-order chi connectivity index (χ1) is 40.2. The molecule has 0 spiro atoms. The molecule has 0 heterocycles. The lowest BCUT2D eigenvalue weighted by molar-refractivity contribution is -0.162. The average Bonchev–Trinajstić information content (AvgIpc) is 1.27. The molecule has 0 aliphatic carbocycles. The van der Waals surface area contributed by atoms with Crippen LogP contribution >= 0.6 is 0 Å². The van der Waals surface area contributed by atoms with Crippen molar-refractivity contribution in [1.82, 2.24) is 56.0 Å². The summed E-state index contributed by atoms with van der Waals surface area (Å²) in [5, 5.41) is 13.8. The van der Waals surface area contributed by atoms with Crippen molar-refractivity contribution in [2.45, 2.75) is 223 Å². The van der Waals surface area contributed by atoms with Crippen molar-refractivity contribution in [3.05, 3.63) is 0 Å². The SMILES string of the molecule is CC[C@H](NC(=O)C([C@H](OC(C)=O)[C@H](C)CC=O)N(C)C(=O)[C@@H](NC)C(C)C)C(=O)N(C)CC(=O)N(C)[C@@H](CC(C)C)C(=O)N[C@H](C(=O)N(C)[C@@H](CC(C)C)C(=O)N[C@@H](C)C(=O)N[C@H](C)C(=O)N(C)[C@@H](CC(C)C)C(=O)N(C)[C@H](C=O)CC(C)C)C(C)C.[HH].[HH].[HH].[HH]. The molecule has 87 heavy (non-hydrogen) atoms. The van der Waals surface area contributed by atoms with E-state index in [1.807, 2.05) is 55.4 Å². The Bertz CT molecular complexity index is 2350. The molecule has 506 valence electrons. The number of esters is 1. The number of ether oxygens (including phenoxy) is 1. The first-order valence-corrected chi connectivity index (χ1v) is 30.7. The van der Waals surface area contributed by atoms with E-state index < -0.39 is 150 Å². The van der Waals surface area contributed by atoms with Crippen molar-refractivity contribution < 1.29 is 72.8 Å². The molecule has 0 saturated carbocycles. The van der Waals surface area contributed by atoms with Crippen molar-refractivity contribution in [3.63, 3.8) is 0 Å². The molecule has 0 aliphatic rings. The first kappa shape index (κ1) is 80.5. The van der Waals surface area contributed by atoms with Gasteiger partial charge < -0.3 is 70.3 Å². The maximum Gasteiger partial charge on any atom is 0.303 e. The van der Waals surface area contributed by atoms with Crippen molar-refractivity contribution in [3.8, 4) is 0 Å². The van der Waals surface area contributed by atoms with Gasteiger partial charge in [0.15, 0.2) is 0 Å². The Morgan fingerprint density at radius 1 is 0.483 bits per heavy atom. The fourth-order valence-electron chi connectivity index (χ4n) is 10.2. The molecule has 0 fully saturated rings. The van der Waals surface area contributed by atoms with Crippen LogP contribution in [0.2, 0.25) is 0 Å². The van der Waals surface area contributed by atoms with Gasteiger partial charge in [0.05, 0.1) is 18.6 Å². The Kier molecular flexibility index (Phi) is 35.2. The fourth-order valence-corrected chi connectivity index (χ4v) is 10.2. The summed E-state index contributed by atoms with van der Waals surface area (Å²) in [5.74, 6) is -8.89. The Balaban J connectivity index is -0.00000616. The van der Waals surface area contributed by atoms with Crippen LogP contribution in [0.4, 0.5) is 0 Å². The predicted octanol–water partition coefficient (Wildman–Crippen LogP) is 3.39. The van der Waals surface area contributed by atoms with E-state index >= 15 is 0 Å². The highest BCUT2D eigenvalue weighted by Gasteiger charge is 2.44. The number of hydrogen-bond acceptors (Lipinski definition) is 15. The van der Waals surface area contributed by atoms with Crippen LogP contribution in [0.3, 0.4) is 0 Å². The maximum atomic E-state index is 14.6.